The summed E-state index contributed by atoms with van der Waals surface area (Å²) in [6.45, 7) is 2.32. The molecule has 0 unspecified atom stereocenters. The molecule has 2 aliphatic heterocycles. The number of likely N-dealkylation sites (N-methyl/N-ethyl adjacent to an activating group) is 1. The van der Waals surface area contributed by atoms with Gasteiger partial charge in [0, 0.05) is 45.1 Å². The minimum absolute atomic E-state index is 0.146. The normalized spacial score (nSPS) is 25.9. The number of H-pyrrole nitrogens is 1. The first kappa shape index (κ1) is 11.6. The van der Waals surface area contributed by atoms with E-state index in [9.17, 15) is 4.79 Å². The van der Waals surface area contributed by atoms with Crippen LogP contribution in [0.1, 0.15) is 42.7 Å². The first-order valence-corrected chi connectivity index (χ1v) is 6.48. The third kappa shape index (κ3) is 2.12. The van der Waals surface area contributed by atoms with Gasteiger partial charge in [-0.2, -0.15) is 5.10 Å². The summed E-state index contributed by atoms with van der Waals surface area (Å²) in [4.78, 5) is 17.8. The monoisotopic (exact) mass is 250 g/mol. The molecule has 1 aromatic heterocycles. The van der Waals surface area contributed by atoms with Gasteiger partial charge < -0.3 is 9.64 Å². The van der Waals surface area contributed by atoms with E-state index >= 15 is 0 Å². The van der Waals surface area contributed by atoms with Gasteiger partial charge in [-0.1, -0.05) is 0 Å². The van der Waals surface area contributed by atoms with Crippen molar-refractivity contribution in [2.45, 2.75) is 31.1 Å². The van der Waals surface area contributed by atoms with E-state index in [1.54, 1.807) is 4.90 Å². The fraction of sp³-hybridized carbons (Fsp3) is 0.750. The van der Waals surface area contributed by atoms with Crippen LogP contribution in [0.15, 0.2) is 0 Å². The highest BCUT2D eigenvalue weighted by atomic mass is 16.5. The fourth-order valence-corrected chi connectivity index (χ4v) is 2.66. The van der Waals surface area contributed by atoms with Crippen molar-refractivity contribution >= 4 is 5.91 Å². The number of aromatic amines is 1. The van der Waals surface area contributed by atoms with Crippen molar-refractivity contribution in [3.8, 4) is 0 Å². The number of likely N-dealkylation sites (tertiary alicyclic amines) is 1. The number of nitrogens with one attached hydrogen (secondary N) is 1. The second-order valence-corrected chi connectivity index (χ2v) is 5.14. The molecular weight excluding hydrogens is 232 g/mol. The zero-order valence-corrected chi connectivity index (χ0v) is 10.6. The van der Waals surface area contributed by atoms with Gasteiger partial charge >= 0.3 is 0 Å². The third-order valence-corrected chi connectivity index (χ3v) is 3.83. The number of nitrogens with zero attached hydrogens (tertiary/aromatic N) is 3. The average molecular weight is 250 g/mol. The second kappa shape index (κ2) is 4.68. The number of hydrogen-bond acceptors (Lipinski definition) is 4. The van der Waals surface area contributed by atoms with Gasteiger partial charge in [-0.05, 0) is 12.8 Å². The molecule has 6 nitrogen and oxygen atoms in total. The van der Waals surface area contributed by atoms with Gasteiger partial charge in [0.2, 0.25) is 5.91 Å². The van der Waals surface area contributed by atoms with E-state index in [0.717, 1.165) is 44.2 Å². The van der Waals surface area contributed by atoms with Crippen molar-refractivity contribution in [2.75, 3.05) is 26.8 Å². The van der Waals surface area contributed by atoms with Crippen molar-refractivity contribution in [2.24, 2.45) is 0 Å². The van der Waals surface area contributed by atoms with E-state index in [4.69, 9.17) is 4.74 Å². The molecule has 1 aromatic rings. The Labute approximate surface area is 106 Å². The molecule has 0 aliphatic carbocycles. The molecule has 2 saturated heterocycles. The molecule has 3 rings (SSSR count). The van der Waals surface area contributed by atoms with Crippen LogP contribution >= 0.6 is 0 Å². The van der Waals surface area contributed by atoms with E-state index in [1.807, 2.05) is 7.05 Å². The van der Waals surface area contributed by atoms with Crippen LogP contribution in [0.2, 0.25) is 0 Å². The SMILES string of the molecule is CN1C[C@H](c2n[nH]c(C3CCOCC3)n2)CC1=O. The Morgan fingerprint density at radius 3 is 2.78 bits per heavy atom. The Balaban J connectivity index is 1.71. The van der Waals surface area contributed by atoms with Crippen LogP contribution in [0, 0.1) is 0 Å². The Morgan fingerprint density at radius 2 is 2.11 bits per heavy atom. The van der Waals surface area contributed by atoms with Crippen LogP contribution in [-0.4, -0.2) is 52.8 Å². The molecule has 2 aliphatic rings. The van der Waals surface area contributed by atoms with Gasteiger partial charge in [-0.15, -0.1) is 0 Å². The van der Waals surface area contributed by atoms with Crippen LogP contribution in [0.5, 0.6) is 0 Å². The first-order valence-electron chi connectivity index (χ1n) is 6.48. The largest absolute Gasteiger partial charge is 0.381 e. The molecular formula is C12H18N4O2. The van der Waals surface area contributed by atoms with Crippen molar-refractivity contribution in [1.82, 2.24) is 20.1 Å². The van der Waals surface area contributed by atoms with E-state index in [1.165, 1.54) is 0 Å². The molecule has 6 heteroatoms. The Morgan fingerprint density at radius 1 is 1.33 bits per heavy atom. The highest BCUT2D eigenvalue weighted by Crippen LogP contribution is 2.28. The number of carbonyl (C=O) groups excluding carboxylic acids is 1. The van der Waals surface area contributed by atoms with Crippen LogP contribution in [0.4, 0.5) is 0 Å². The van der Waals surface area contributed by atoms with E-state index < -0.39 is 0 Å². The van der Waals surface area contributed by atoms with Gasteiger partial charge in [-0.25, -0.2) is 4.98 Å². The maximum atomic E-state index is 11.5. The molecule has 98 valence electrons. The summed E-state index contributed by atoms with van der Waals surface area (Å²) in [6.07, 6.45) is 2.53. The maximum absolute atomic E-state index is 11.5. The first-order chi connectivity index (χ1) is 8.74. The summed E-state index contributed by atoms with van der Waals surface area (Å²) in [6, 6.07) is 0. The predicted molar refractivity (Wildman–Crippen MR) is 64.2 cm³/mol. The van der Waals surface area contributed by atoms with Crippen LogP contribution < -0.4 is 0 Å². The molecule has 2 fully saturated rings. The topological polar surface area (TPSA) is 71.1 Å². The lowest BCUT2D eigenvalue weighted by molar-refractivity contribution is -0.126. The zero-order chi connectivity index (χ0) is 12.5. The Kier molecular flexibility index (Phi) is 3.03. The molecule has 1 amide bonds. The van der Waals surface area contributed by atoms with Crippen LogP contribution in [0.25, 0.3) is 0 Å². The quantitative estimate of drug-likeness (QED) is 0.836. The van der Waals surface area contributed by atoms with Gasteiger partial charge in [0.05, 0.1) is 0 Å². The summed E-state index contributed by atoms with van der Waals surface area (Å²) in [5.74, 6) is 2.49. The fourth-order valence-electron chi connectivity index (χ4n) is 2.66. The minimum Gasteiger partial charge on any atom is -0.381 e. The number of ether oxygens (including phenoxy) is 1. The summed E-state index contributed by atoms with van der Waals surface area (Å²) in [7, 11) is 1.83. The van der Waals surface area contributed by atoms with Crippen molar-refractivity contribution < 1.29 is 9.53 Å². The van der Waals surface area contributed by atoms with Gasteiger partial charge in [0.15, 0.2) is 5.82 Å². The number of carbonyl (C=O) groups is 1. The van der Waals surface area contributed by atoms with Crippen LogP contribution in [0.3, 0.4) is 0 Å². The minimum atomic E-state index is 0.146. The molecule has 18 heavy (non-hydrogen) atoms. The lowest BCUT2D eigenvalue weighted by Gasteiger charge is -2.19. The van der Waals surface area contributed by atoms with E-state index in [2.05, 4.69) is 15.2 Å². The number of rotatable bonds is 2. The lowest BCUT2D eigenvalue weighted by atomic mass is 10.00. The molecule has 0 bridgehead atoms. The second-order valence-electron chi connectivity index (χ2n) is 5.14. The molecule has 0 radical (unpaired) electrons. The van der Waals surface area contributed by atoms with Crippen molar-refractivity contribution in [3.05, 3.63) is 11.6 Å². The highest BCUT2D eigenvalue weighted by molar-refractivity contribution is 5.79. The Bertz CT molecular complexity index is 439. The van der Waals surface area contributed by atoms with Gasteiger partial charge in [-0.3, -0.25) is 9.89 Å². The highest BCUT2D eigenvalue weighted by Gasteiger charge is 2.31. The maximum Gasteiger partial charge on any atom is 0.223 e. The summed E-state index contributed by atoms with van der Waals surface area (Å²) < 4.78 is 5.34. The lowest BCUT2D eigenvalue weighted by Crippen LogP contribution is -2.18. The standard InChI is InChI=1S/C12H18N4O2/c1-16-7-9(6-10(16)17)12-13-11(14-15-12)8-2-4-18-5-3-8/h8-9H,2-7H2,1H3,(H,13,14,15)/t9-/m1/s1. The molecule has 3 heterocycles. The van der Waals surface area contributed by atoms with Gasteiger partial charge in [0.25, 0.3) is 0 Å². The van der Waals surface area contributed by atoms with Crippen LogP contribution in [-0.2, 0) is 9.53 Å². The van der Waals surface area contributed by atoms with E-state index in [0.29, 0.717) is 12.3 Å². The summed E-state index contributed by atoms with van der Waals surface area (Å²) in [5.41, 5.74) is 0. The van der Waals surface area contributed by atoms with Crippen molar-refractivity contribution in [3.63, 3.8) is 0 Å². The average Bonchev–Trinajstić information content (AvgIpc) is 2.99. The molecule has 0 saturated carbocycles. The van der Waals surface area contributed by atoms with Crippen molar-refractivity contribution in [1.29, 1.82) is 0 Å². The summed E-state index contributed by atoms with van der Waals surface area (Å²) in [5, 5.41) is 7.32. The molecule has 1 N–H and O–H groups in total. The molecule has 1 atom stereocenters. The third-order valence-electron chi connectivity index (χ3n) is 3.83. The molecule has 0 spiro atoms. The summed E-state index contributed by atoms with van der Waals surface area (Å²) >= 11 is 0. The number of hydrogen-bond donors (Lipinski definition) is 1. The number of aromatic nitrogens is 3. The Hall–Kier alpha value is -1.43. The predicted octanol–water partition coefficient (Wildman–Crippen LogP) is 0.644. The number of amides is 1. The zero-order valence-electron chi connectivity index (χ0n) is 10.6. The molecule has 0 aromatic carbocycles. The van der Waals surface area contributed by atoms with Gasteiger partial charge in [0.1, 0.15) is 5.82 Å². The smallest absolute Gasteiger partial charge is 0.223 e. The van der Waals surface area contributed by atoms with E-state index in [-0.39, 0.29) is 11.8 Å².